The van der Waals surface area contributed by atoms with Crippen molar-refractivity contribution in [2.24, 2.45) is 5.92 Å². The van der Waals surface area contributed by atoms with E-state index in [0.717, 1.165) is 43.1 Å². The molecule has 3 rings (SSSR count). The van der Waals surface area contributed by atoms with Crippen molar-refractivity contribution in [3.05, 3.63) is 77.0 Å². The van der Waals surface area contributed by atoms with Crippen LogP contribution in [0.2, 0.25) is 0 Å². The first kappa shape index (κ1) is 24.2. The van der Waals surface area contributed by atoms with Crippen LogP contribution in [0.25, 0.3) is 0 Å². The lowest BCUT2D eigenvalue weighted by atomic mass is 9.78. The molecule has 2 aromatic carbocycles. The van der Waals surface area contributed by atoms with Crippen LogP contribution in [0.4, 0.5) is 0 Å². The van der Waals surface area contributed by atoms with Gasteiger partial charge in [0.1, 0.15) is 0 Å². The summed E-state index contributed by atoms with van der Waals surface area (Å²) < 4.78 is 11.1. The molecule has 2 aromatic rings. The van der Waals surface area contributed by atoms with Crippen molar-refractivity contribution in [3.8, 4) is 11.5 Å². The van der Waals surface area contributed by atoms with E-state index in [0.29, 0.717) is 5.92 Å². The summed E-state index contributed by atoms with van der Waals surface area (Å²) in [7, 11) is 3.43. The average Bonchev–Trinajstić information content (AvgIpc) is 3.57. The quantitative estimate of drug-likeness (QED) is 0.316. The lowest BCUT2D eigenvalue weighted by molar-refractivity contribution is 0.353. The molecule has 0 bridgehead atoms. The average molecular weight is 433 g/mol. The maximum absolute atomic E-state index is 5.65. The molecule has 0 saturated heterocycles. The molecule has 0 spiro atoms. The first-order chi connectivity index (χ1) is 15.5. The summed E-state index contributed by atoms with van der Waals surface area (Å²) in [5.74, 6) is 2.87. The van der Waals surface area contributed by atoms with Gasteiger partial charge in [-0.1, -0.05) is 64.1 Å². The van der Waals surface area contributed by atoms with Crippen molar-refractivity contribution in [2.45, 2.75) is 77.0 Å². The lowest BCUT2D eigenvalue weighted by Crippen LogP contribution is -2.16. The minimum Gasteiger partial charge on any atom is -0.493 e. The monoisotopic (exact) mass is 432 g/mol. The van der Waals surface area contributed by atoms with E-state index in [4.69, 9.17) is 9.47 Å². The van der Waals surface area contributed by atoms with E-state index < -0.39 is 0 Å². The molecule has 0 N–H and O–H groups in total. The zero-order chi connectivity index (χ0) is 23.1. The van der Waals surface area contributed by atoms with E-state index in [1.54, 1.807) is 14.2 Å². The van der Waals surface area contributed by atoms with Crippen molar-refractivity contribution < 1.29 is 9.47 Å². The molecule has 1 aliphatic rings. The molecule has 172 valence electrons. The van der Waals surface area contributed by atoms with Crippen molar-refractivity contribution in [1.29, 1.82) is 0 Å². The van der Waals surface area contributed by atoms with Gasteiger partial charge < -0.3 is 9.47 Å². The van der Waals surface area contributed by atoms with Gasteiger partial charge in [0, 0.05) is 0 Å². The molecule has 1 fully saturated rings. The predicted molar refractivity (Wildman–Crippen MR) is 135 cm³/mol. The SMILES string of the molecule is C=C=C(CC)CCC(CC1(c2ccc(OC)c(OC)c2)CC1CC)c1ccc(CC)cc1. The molecule has 0 heterocycles. The van der Waals surface area contributed by atoms with Crippen molar-refractivity contribution in [2.75, 3.05) is 14.2 Å². The van der Waals surface area contributed by atoms with Crippen molar-refractivity contribution in [1.82, 2.24) is 0 Å². The highest BCUT2D eigenvalue weighted by molar-refractivity contribution is 5.48. The summed E-state index contributed by atoms with van der Waals surface area (Å²) in [6.07, 6.45) is 7.95. The Bertz CT molecular complexity index is 936. The first-order valence-electron chi connectivity index (χ1n) is 12.2. The van der Waals surface area contributed by atoms with Crippen LogP contribution in [-0.4, -0.2) is 14.2 Å². The molecule has 0 aliphatic heterocycles. The third-order valence-corrected chi connectivity index (χ3v) is 7.62. The number of hydrogen-bond donors (Lipinski definition) is 0. The topological polar surface area (TPSA) is 18.5 Å². The number of methoxy groups -OCH3 is 2. The van der Waals surface area contributed by atoms with Gasteiger partial charge in [-0.25, -0.2) is 0 Å². The van der Waals surface area contributed by atoms with Gasteiger partial charge in [-0.15, -0.1) is 5.73 Å². The second-order valence-corrected chi connectivity index (χ2v) is 9.20. The second-order valence-electron chi connectivity index (χ2n) is 9.20. The fourth-order valence-electron chi connectivity index (χ4n) is 5.37. The minimum absolute atomic E-state index is 0.215. The van der Waals surface area contributed by atoms with Crippen molar-refractivity contribution in [3.63, 3.8) is 0 Å². The number of allylic oxidation sites excluding steroid dienone is 1. The van der Waals surface area contributed by atoms with Gasteiger partial charge >= 0.3 is 0 Å². The smallest absolute Gasteiger partial charge is 0.161 e. The Balaban J connectivity index is 1.94. The van der Waals surface area contributed by atoms with Crippen LogP contribution in [0.15, 0.2) is 60.3 Å². The Morgan fingerprint density at radius 1 is 1.06 bits per heavy atom. The summed E-state index contributed by atoms with van der Waals surface area (Å²) in [6, 6.07) is 15.9. The highest BCUT2D eigenvalue weighted by atomic mass is 16.5. The molecule has 2 nitrogen and oxygen atoms in total. The van der Waals surface area contributed by atoms with Crippen LogP contribution < -0.4 is 9.47 Å². The largest absolute Gasteiger partial charge is 0.493 e. The Labute approximate surface area is 195 Å². The van der Waals surface area contributed by atoms with Crippen LogP contribution in [-0.2, 0) is 11.8 Å². The Morgan fingerprint density at radius 3 is 2.31 bits per heavy atom. The maximum atomic E-state index is 5.65. The molecule has 2 heteroatoms. The zero-order valence-corrected chi connectivity index (χ0v) is 20.7. The van der Waals surface area contributed by atoms with E-state index >= 15 is 0 Å². The number of rotatable bonds is 12. The molecule has 0 amide bonds. The fourth-order valence-corrected chi connectivity index (χ4v) is 5.37. The summed E-state index contributed by atoms with van der Waals surface area (Å²) in [4.78, 5) is 0. The number of benzene rings is 2. The fraction of sp³-hybridized carbons (Fsp3) is 0.500. The van der Waals surface area contributed by atoms with Crippen molar-refractivity contribution >= 4 is 0 Å². The Hall–Kier alpha value is -2.44. The number of aryl methyl sites for hydroxylation is 1. The molecular weight excluding hydrogens is 392 g/mol. The zero-order valence-electron chi connectivity index (χ0n) is 20.7. The van der Waals surface area contributed by atoms with E-state index in [2.05, 4.69) is 75.5 Å². The summed E-state index contributed by atoms with van der Waals surface area (Å²) in [5.41, 5.74) is 8.98. The van der Waals surface area contributed by atoms with Crippen LogP contribution in [0.5, 0.6) is 11.5 Å². The van der Waals surface area contributed by atoms with E-state index in [1.807, 2.05) is 0 Å². The van der Waals surface area contributed by atoms with E-state index in [9.17, 15) is 0 Å². The number of ether oxygens (including phenoxy) is 2. The van der Waals surface area contributed by atoms with Gasteiger partial charge in [0.2, 0.25) is 0 Å². The Kier molecular flexibility index (Phi) is 8.26. The predicted octanol–water partition coefficient (Wildman–Crippen LogP) is 8.01. The van der Waals surface area contributed by atoms with Crippen LogP contribution in [0.1, 0.15) is 81.9 Å². The van der Waals surface area contributed by atoms with Gasteiger partial charge in [0.15, 0.2) is 11.5 Å². The lowest BCUT2D eigenvalue weighted by Gasteiger charge is -2.27. The Morgan fingerprint density at radius 2 is 1.78 bits per heavy atom. The summed E-state index contributed by atoms with van der Waals surface area (Å²) in [5, 5.41) is 0. The number of hydrogen-bond acceptors (Lipinski definition) is 2. The van der Waals surface area contributed by atoms with Gasteiger partial charge in [0.25, 0.3) is 0 Å². The third-order valence-electron chi connectivity index (χ3n) is 7.62. The molecule has 32 heavy (non-hydrogen) atoms. The van der Waals surface area contributed by atoms with Gasteiger partial charge in [-0.05, 0) is 90.2 Å². The molecular formula is C30H40O2. The van der Waals surface area contributed by atoms with E-state index in [1.165, 1.54) is 41.5 Å². The normalized spacial score (nSPS) is 20.3. The van der Waals surface area contributed by atoms with Crippen LogP contribution >= 0.6 is 0 Å². The molecule has 3 unspecified atom stereocenters. The van der Waals surface area contributed by atoms with Gasteiger partial charge in [0.05, 0.1) is 14.2 Å². The van der Waals surface area contributed by atoms with Crippen LogP contribution in [0.3, 0.4) is 0 Å². The highest BCUT2D eigenvalue weighted by Crippen LogP contribution is 2.61. The molecule has 3 atom stereocenters. The van der Waals surface area contributed by atoms with E-state index in [-0.39, 0.29) is 5.41 Å². The van der Waals surface area contributed by atoms with Gasteiger partial charge in [-0.3, -0.25) is 0 Å². The second kappa shape index (κ2) is 10.9. The molecule has 0 aromatic heterocycles. The van der Waals surface area contributed by atoms with Crippen LogP contribution in [0, 0.1) is 5.92 Å². The highest BCUT2D eigenvalue weighted by Gasteiger charge is 2.54. The minimum atomic E-state index is 0.215. The van der Waals surface area contributed by atoms with Gasteiger partial charge in [-0.2, -0.15) is 0 Å². The maximum Gasteiger partial charge on any atom is 0.161 e. The molecule has 1 saturated carbocycles. The molecule has 0 radical (unpaired) electrons. The first-order valence-corrected chi connectivity index (χ1v) is 12.2. The standard InChI is InChI=1S/C30H40O2/c1-7-22(8-2)11-16-25(24-14-12-23(9-3)13-15-24)20-30(21-26(30)10-4)27-17-18-28(31-5)29(19-27)32-6/h12-15,17-19,25-26H,1,8-11,16,20-21H2,2-6H3. The molecule has 1 aliphatic carbocycles. The summed E-state index contributed by atoms with van der Waals surface area (Å²) in [6.45, 7) is 10.7. The summed E-state index contributed by atoms with van der Waals surface area (Å²) >= 11 is 0. The third kappa shape index (κ3) is 5.13.